The quantitative estimate of drug-likeness (QED) is 0.804. The fourth-order valence-corrected chi connectivity index (χ4v) is 2.39. The smallest absolute Gasteiger partial charge is 0.238 e. The summed E-state index contributed by atoms with van der Waals surface area (Å²) in [5, 5.41) is 2.89. The van der Waals surface area contributed by atoms with Crippen molar-refractivity contribution in [2.24, 2.45) is 0 Å². The van der Waals surface area contributed by atoms with E-state index in [4.69, 9.17) is 5.73 Å². The maximum absolute atomic E-state index is 11.9. The van der Waals surface area contributed by atoms with Crippen LogP contribution in [0.25, 0.3) is 0 Å². The first-order valence-electron chi connectivity index (χ1n) is 6.54. The Morgan fingerprint density at radius 2 is 2.33 bits per heavy atom. The molecule has 4 heteroatoms. The Morgan fingerprint density at radius 3 is 3.06 bits per heavy atom. The minimum atomic E-state index is 0.0364. The molecule has 1 aromatic carbocycles. The zero-order valence-electron chi connectivity index (χ0n) is 10.9. The Morgan fingerprint density at radius 1 is 1.50 bits per heavy atom. The summed E-state index contributed by atoms with van der Waals surface area (Å²) in [6, 6.07) is 7.78. The molecule has 0 aromatic heterocycles. The van der Waals surface area contributed by atoms with Crippen molar-refractivity contribution < 1.29 is 4.79 Å². The van der Waals surface area contributed by atoms with Crippen molar-refractivity contribution in [2.75, 3.05) is 24.1 Å². The number of nitrogens with two attached hydrogens (primary N) is 1. The number of hydrogen-bond acceptors (Lipinski definition) is 3. The van der Waals surface area contributed by atoms with E-state index in [0.717, 1.165) is 12.2 Å². The van der Waals surface area contributed by atoms with Gasteiger partial charge in [-0.1, -0.05) is 12.5 Å². The van der Waals surface area contributed by atoms with Crippen LogP contribution >= 0.6 is 0 Å². The first kappa shape index (κ1) is 12.9. The average molecular weight is 247 g/mol. The lowest BCUT2D eigenvalue weighted by Crippen LogP contribution is -2.42. The molecule has 0 radical (unpaired) electrons. The van der Waals surface area contributed by atoms with E-state index >= 15 is 0 Å². The van der Waals surface area contributed by atoms with Gasteiger partial charge in [-0.05, 0) is 44.5 Å². The summed E-state index contributed by atoms with van der Waals surface area (Å²) in [5.41, 5.74) is 7.11. The third kappa shape index (κ3) is 3.47. The molecular weight excluding hydrogens is 226 g/mol. The van der Waals surface area contributed by atoms with Gasteiger partial charge in [-0.15, -0.1) is 0 Å². The van der Waals surface area contributed by atoms with Crippen molar-refractivity contribution in [1.29, 1.82) is 0 Å². The van der Waals surface area contributed by atoms with Crippen LogP contribution < -0.4 is 11.1 Å². The number of amides is 1. The van der Waals surface area contributed by atoms with Crippen LogP contribution in [0.5, 0.6) is 0 Å². The second kappa shape index (κ2) is 5.87. The molecule has 1 aliphatic heterocycles. The van der Waals surface area contributed by atoms with Crippen LogP contribution in [0.2, 0.25) is 0 Å². The highest BCUT2D eigenvalue weighted by atomic mass is 16.2. The third-order valence-electron chi connectivity index (χ3n) is 3.46. The third-order valence-corrected chi connectivity index (χ3v) is 3.46. The van der Waals surface area contributed by atoms with E-state index in [9.17, 15) is 4.79 Å². The number of likely N-dealkylation sites (tertiary alicyclic amines) is 1. The van der Waals surface area contributed by atoms with Gasteiger partial charge in [0, 0.05) is 17.4 Å². The van der Waals surface area contributed by atoms with E-state index in [1.54, 1.807) is 6.07 Å². The summed E-state index contributed by atoms with van der Waals surface area (Å²) in [6.45, 7) is 3.68. The van der Waals surface area contributed by atoms with E-state index in [2.05, 4.69) is 17.1 Å². The minimum absolute atomic E-state index is 0.0364. The van der Waals surface area contributed by atoms with Gasteiger partial charge in [0.05, 0.1) is 6.54 Å². The lowest BCUT2D eigenvalue weighted by Gasteiger charge is -2.32. The second-order valence-corrected chi connectivity index (χ2v) is 4.99. The van der Waals surface area contributed by atoms with Crippen LogP contribution in [0.15, 0.2) is 24.3 Å². The molecule has 0 aliphatic carbocycles. The van der Waals surface area contributed by atoms with Crippen LogP contribution in [0, 0.1) is 0 Å². The van der Waals surface area contributed by atoms with E-state index in [-0.39, 0.29) is 5.91 Å². The first-order chi connectivity index (χ1) is 8.65. The summed E-state index contributed by atoms with van der Waals surface area (Å²) >= 11 is 0. The number of nitrogen functional groups attached to an aromatic ring is 1. The molecule has 3 N–H and O–H groups in total. The molecule has 18 heavy (non-hydrogen) atoms. The van der Waals surface area contributed by atoms with Crippen molar-refractivity contribution >= 4 is 17.3 Å². The van der Waals surface area contributed by atoms with Gasteiger partial charge in [0.2, 0.25) is 5.91 Å². The number of nitrogens with one attached hydrogen (secondary N) is 1. The summed E-state index contributed by atoms with van der Waals surface area (Å²) in [6.07, 6.45) is 3.65. The summed E-state index contributed by atoms with van der Waals surface area (Å²) in [5.74, 6) is 0.0364. The Kier molecular flexibility index (Phi) is 4.20. The molecular formula is C14H21N3O. The van der Waals surface area contributed by atoms with Gasteiger partial charge < -0.3 is 11.1 Å². The Balaban J connectivity index is 1.88. The highest BCUT2D eigenvalue weighted by Crippen LogP contribution is 2.16. The van der Waals surface area contributed by atoms with E-state index in [1.165, 1.54) is 19.3 Å². The van der Waals surface area contributed by atoms with Crippen molar-refractivity contribution in [3.05, 3.63) is 24.3 Å². The standard InChI is InChI=1S/C14H21N3O/c1-11-5-2-3-8-17(11)10-14(18)16-13-7-4-6-12(15)9-13/h4,6-7,9,11H,2-3,5,8,10,15H2,1H3,(H,16,18)/t11-/m1/s1. The highest BCUT2D eigenvalue weighted by Gasteiger charge is 2.20. The lowest BCUT2D eigenvalue weighted by atomic mass is 10.0. The van der Waals surface area contributed by atoms with Gasteiger partial charge in [-0.25, -0.2) is 0 Å². The monoisotopic (exact) mass is 247 g/mol. The van der Waals surface area contributed by atoms with Gasteiger partial charge >= 0.3 is 0 Å². The van der Waals surface area contributed by atoms with Gasteiger partial charge in [-0.3, -0.25) is 9.69 Å². The van der Waals surface area contributed by atoms with Crippen molar-refractivity contribution in [1.82, 2.24) is 4.90 Å². The topological polar surface area (TPSA) is 58.4 Å². The fourth-order valence-electron chi connectivity index (χ4n) is 2.39. The second-order valence-electron chi connectivity index (χ2n) is 4.99. The largest absolute Gasteiger partial charge is 0.399 e. The molecule has 2 rings (SSSR count). The predicted molar refractivity (Wildman–Crippen MR) is 74.4 cm³/mol. The summed E-state index contributed by atoms with van der Waals surface area (Å²) in [4.78, 5) is 14.2. The van der Waals surface area contributed by atoms with E-state index < -0.39 is 0 Å². The predicted octanol–water partition coefficient (Wildman–Crippen LogP) is 2.08. The molecule has 0 saturated carbocycles. The number of carbonyl (C=O) groups excluding carboxylic acids is 1. The molecule has 1 heterocycles. The fraction of sp³-hybridized carbons (Fsp3) is 0.500. The Labute approximate surface area is 108 Å². The molecule has 1 fully saturated rings. The average Bonchev–Trinajstić information content (AvgIpc) is 2.32. The van der Waals surface area contributed by atoms with Crippen LogP contribution in [0.3, 0.4) is 0 Å². The molecule has 1 amide bonds. The number of nitrogens with zero attached hydrogens (tertiary/aromatic N) is 1. The molecule has 98 valence electrons. The molecule has 0 spiro atoms. The van der Waals surface area contributed by atoms with Crippen molar-refractivity contribution in [2.45, 2.75) is 32.2 Å². The van der Waals surface area contributed by atoms with Crippen LogP contribution in [0.1, 0.15) is 26.2 Å². The van der Waals surface area contributed by atoms with Gasteiger partial charge in [0.15, 0.2) is 0 Å². The summed E-state index contributed by atoms with van der Waals surface area (Å²) in [7, 11) is 0. The molecule has 1 aromatic rings. The number of benzene rings is 1. The molecule has 0 unspecified atom stereocenters. The molecule has 4 nitrogen and oxygen atoms in total. The van der Waals surface area contributed by atoms with Gasteiger partial charge in [-0.2, -0.15) is 0 Å². The van der Waals surface area contributed by atoms with E-state index in [1.807, 2.05) is 18.2 Å². The number of anilines is 2. The Hall–Kier alpha value is -1.55. The number of carbonyl (C=O) groups is 1. The van der Waals surface area contributed by atoms with Crippen LogP contribution in [-0.2, 0) is 4.79 Å². The van der Waals surface area contributed by atoms with Gasteiger partial charge in [0.1, 0.15) is 0 Å². The Bertz CT molecular complexity index is 419. The molecule has 1 saturated heterocycles. The maximum atomic E-state index is 11.9. The number of hydrogen-bond donors (Lipinski definition) is 2. The molecule has 0 bridgehead atoms. The SMILES string of the molecule is C[C@@H]1CCCCN1CC(=O)Nc1cccc(N)c1. The lowest BCUT2D eigenvalue weighted by molar-refractivity contribution is -0.118. The first-order valence-corrected chi connectivity index (χ1v) is 6.54. The zero-order valence-corrected chi connectivity index (χ0v) is 10.9. The van der Waals surface area contributed by atoms with Crippen molar-refractivity contribution in [3.63, 3.8) is 0 Å². The normalized spacial score (nSPS) is 20.6. The maximum Gasteiger partial charge on any atom is 0.238 e. The van der Waals surface area contributed by atoms with Crippen LogP contribution in [0.4, 0.5) is 11.4 Å². The molecule has 1 atom stereocenters. The van der Waals surface area contributed by atoms with E-state index in [0.29, 0.717) is 18.3 Å². The zero-order chi connectivity index (χ0) is 13.0. The highest BCUT2D eigenvalue weighted by molar-refractivity contribution is 5.92. The summed E-state index contributed by atoms with van der Waals surface area (Å²) < 4.78 is 0. The van der Waals surface area contributed by atoms with Gasteiger partial charge in [0.25, 0.3) is 0 Å². The number of rotatable bonds is 3. The minimum Gasteiger partial charge on any atom is -0.399 e. The van der Waals surface area contributed by atoms with Crippen LogP contribution in [-0.4, -0.2) is 29.9 Å². The van der Waals surface area contributed by atoms with Crippen molar-refractivity contribution in [3.8, 4) is 0 Å². The number of piperidine rings is 1. The molecule has 1 aliphatic rings.